The van der Waals surface area contributed by atoms with Crippen molar-refractivity contribution in [1.29, 1.82) is 0 Å². The van der Waals surface area contributed by atoms with Crippen molar-refractivity contribution < 1.29 is 8.42 Å². The minimum absolute atomic E-state index is 0.0864. The van der Waals surface area contributed by atoms with Gasteiger partial charge in [0.1, 0.15) is 0 Å². The van der Waals surface area contributed by atoms with Gasteiger partial charge in [-0.3, -0.25) is 0 Å². The van der Waals surface area contributed by atoms with E-state index in [1.165, 1.54) is 34.6 Å². The van der Waals surface area contributed by atoms with Crippen LogP contribution in [0, 0.1) is 13.8 Å². The van der Waals surface area contributed by atoms with Crippen LogP contribution in [0.4, 0.5) is 10.8 Å². The van der Waals surface area contributed by atoms with Crippen molar-refractivity contribution >= 4 is 32.2 Å². The number of thiazole rings is 1. The second kappa shape index (κ2) is 6.35. The van der Waals surface area contributed by atoms with E-state index in [1.807, 2.05) is 5.38 Å². The molecule has 0 radical (unpaired) electrons. The number of sulfonamides is 1. The van der Waals surface area contributed by atoms with E-state index in [0.717, 1.165) is 22.1 Å². The number of hydrogen-bond donors (Lipinski definition) is 2. The van der Waals surface area contributed by atoms with Crippen LogP contribution in [0.15, 0.2) is 52.7 Å². The third-order valence-electron chi connectivity index (χ3n) is 3.61. The molecule has 0 aliphatic heterocycles. The first kappa shape index (κ1) is 16.6. The van der Waals surface area contributed by atoms with Crippen LogP contribution in [-0.4, -0.2) is 13.4 Å². The van der Waals surface area contributed by atoms with Crippen molar-refractivity contribution in [1.82, 2.24) is 4.98 Å². The third-order valence-corrected chi connectivity index (χ3v) is 5.29. The number of rotatable bonds is 4. The maximum atomic E-state index is 11.3. The number of aryl methyl sites for hydroxylation is 2. The summed E-state index contributed by atoms with van der Waals surface area (Å²) in [6, 6.07) is 12.6. The van der Waals surface area contributed by atoms with Crippen LogP contribution in [0.2, 0.25) is 0 Å². The molecule has 7 heteroatoms. The smallest absolute Gasteiger partial charge is 0.238 e. The van der Waals surface area contributed by atoms with E-state index >= 15 is 0 Å². The van der Waals surface area contributed by atoms with Gasteiger partial charge in [0, 0.05) is 16.6 Å². The first-order valence-electron chi connectivity index (χ1n) is 7.26. The van der Waals surface area contributed by atoms with Gasteiger partial charge in [0.25, 0.3) is 0 Å². The number of benzene rings is 2. The lowest BCUT2D eigenvalue weighted by atomic mass is 10.0. The second-order valence-electron chi connectivity index (χ2n) is 5.55. The molecule has 0 atom stereocenters. The summed E-state index contributed by atoms with van der Waals surface area (Å²) < 4.78 is 22.5. The van der Waals surface area contributed by atoms with E-state index in [4.69, 9.17) is 5.14 Å². The molecule has 3 rings (SSSR count). The topological polar surface area (TPSA) is 85.1 Å². The molecule has 0 saturated carbocycles. The Labute approximate surface area is 145 Å². The molecule has 1 aromatic heterocycles. The van der Waals surface area contributed by atoms with Gasteiger partial charge in [-0.25, -0.2) is 18.5 Å². The molecule has 5 nitrogen and oxygen atoms in total. The van der Waals surface area contributed by atoms with Crippen LogP contribution >= 0.6 is 11.3 Å². The van der Waals surface area contributed by atoms with E-state index in [9.17, 15) is 8.42 Å². The average molecular weight is 359 g/mol. The molecule has 124 valence electrons. The summed E-state index contributed by atoms with van der Waals surface area (Å²) in [5.41, 5.74) is 5.16. The van der Waals surface area contributed by atoms with Gasteiger partial charge < -0.3 is 5.32 Å². The minimum Gasteiger partial charge on any atom is -0.332 e. The maximum Gasteiger partial charge on any atom is 0.238 e. The minimum atomic E-state index is -3.67. The Balaban J connectivity index is 1.83. The number of nitrogens with two attached hydrogens (primary N) is 1. The molecule has 0 bridgehead atoms. The Morgan fingerprint density at radius 1 is 1.08 bits per heavy atom. The van der Waals surface area contributed by atoms with Gasteiger partial charge in [0.05, 0.1) is 10.6 Å². The number of aromatic nitrogens is 1. The number of hydrogen-bond acceptors (Lipinski definition) is 5. The zero-order chi connectivity index (χ0) is 17.3. The molecular weight excluding hydrogens is 342 g/mol. The molecular formula is C17H17N3O2S2. The van der Waals surface area contributed by atoms with Crippen molar-refractivity contribution in [3.63, 3.8) is 0 Å². The highest BCUT2D eigenvalue weighted by Gasteiger charge is 2.09. The highest BCUT2D eigenvalue weighted by Crippen LogP contribution is 2.29. The Hall–Kier alpha value is -2.22. The van der Waals surface area contributed by atoms with Crippen LogP contribution in [-0.2, 0) is 10.0 Å². The van der Waals surface area contributed by atoms with E-state index in [0.29, 0.717) is 0 Å². The number of anilines is 2. The van der Waals surface area contributed by atoms with Gasteiger partial charge in [0.15, 0.2) is 5.13 Å². The predicted molar refractivity (Wildman–Crippen MR) is 98.1 cm³/mol. The fraction of sp³-hybridized carbons (Fsp3) is 0.118. The fourth-order valence-corrected chi connectivity index (χ4v) is 3.56. The molecule has 0 amide bonds. The summed E-state index contributed by atoms with van der Waals surface area (Å²) in [5, 5.41) is 11.0. The number of primary sulfonamides is 1. The summed E-state index contributed by atoms with van der Waals surface area (Å²) in [4.78, 5) is 4.70. The third kappa shape index (κ3) is 3.64. The quantitative estimate of drug-likeness (QED) is 0.741. The SMILES string of the molecule is Cc1ccc(C)c(-c2csc(Nc3ccc(S(N)(=O)=O)cc3)n2)c1. The molecule has 0 fully saturated rings. The van der Waals surface area contributed by atoms with Gasteiger partial charge in [-0.05, 0) is 49.7 Å². The van der Waals surface area contributed by atoms with Gasteiger partial charge in [-0.15, -0.1) is 11.3 Å². The van der Waals surface area contributed by atoms with Crippen LogP contribution in [0.1, 0.15) is 11.1 Å². The summed E-state index contributed by atoms with van der Waals surface area (Å²) in [7, 11) is -3.67. The lowest BCUT2D eigenvalue weighted by Gasteiger charge is -2.05. The van der Waals surface area contributed by atoms with Gasteiger partial charge in [-0.1, -0.05) is 17.7 Å². The van der Waals surface area contributed by atoms with Crippen molar-refractivity contribution in [2.75, 3.05) is 5.32 Å². The number of nitrogens with one attached hydrogen (secondary N) is 1. The Kier molecular flexibility index (Phi) is 4.40. The summed E-state index contributed by atoms with van der Waals surface area (Å²) in [6.45, 7) is 4.12. The highest BCUT2D eigenvalue weighted by atomic mass is 32.2. The molecule has 1 heterocycles. The van der Waals surface area contributed by atoms with Crippen molar-refractivity contribution in [2.24, 2.45) is 5.14 Å². The molecule has 0 aliphatic carbocycles. The van der Waals surface area contributed by atoms with Crippen LogP contribution in [0.3, 0.4) is 0 Å². The zero-order valence-corrected chi connectivity index (χ0v) is 14.9. The number of nitrogens with zero attached hydrogens (tertiary/aromatic N) is 1. The van der Waals surface area contributed by atoms with Crippen LogP contribution in [0.25, 0.3) is 11.3 Å². The Morgan fingerprint density at radius 3 is 2.46 bits per heavy atom. The molecule has 0 saturated heterocycles. The van der Waals surface area contributed by atoms with Crippen molar-refractivity contribution in [2.45, 2.75) is 18.7 Å². The lowest BCUT2D eigenvalue weighted by Crippen LogP contribution is -2.11. The van der Waals surface area contributed by atoms with E-state index < -0.39 is 10.0 Å². The van der Waals surface area contributed by atoms with E-state index in [1.54, 1.807) is 12.1 Å². The predicted octanol–water partition coefficient (Wildman–Crippen LogP) is 3.82. The maximum absolute atomic E-state index is 11.3. The summed E-state index contributed by atoms with van der Waals surface area (Å²) in [6.07, 6.45) is 0. The summed E-state index contributed by atoms with van der Waals surface area (Å²) >= 11 is 1.50. The van der Waals surface area contributed by atoms with Gasteiger partial charge >= 0.3 is 0 Å². The van der Waals surface area contributed by atoms with Crippen LogP contribution in [0.5, 0.6) is 0 Å². The normalized spacial score (nSPS) is 11.5. The molecule has 24 heavy (non-hydrogen) atoms. The van der Waals surface area contributed by atoms with Gasteiger partial charge in [0.2, 0.25) is 10.0 Å². The first-order chi connectivity index (χ1) is 11.3. The largest absolute Gasteiger partial charge is 0.332 e. The molecule has 0 unspecified atom stereocenters. The average Bonchev–Trinajstić information content (AvgIpc) is 2.97. The molecule has 0 aliphatic rings. The summed E-state index contributed by atoms with van der Waals surface area (Å²) in [5.74, 6) is 0. The monoisotopic (exact) mass is 359 g/mol. The molecule has 3 aromatic rings. The molecule has 2 aromatic carbocycles. The first-order valence-corrected chi connectivity index (χ1v) is 9.68. The molecule has 0 spiro atoms. The fourth-order valence-electron chi connectivity index (χ4n) is 2.32. The Morgan fingerprint density at radius 2 is 1.79 bits per heavy atom. The zero-order valence-electron chi connectivity index (χ0n) is 13.3. The molecule has 3 N–H and O–H groups in total. The van der Waals surface area contributed by atoms with Crippen LogP contribution < -0.4 is 10.5 Å². The standard InChI is InChI=1S/C17H17N3O2S2/c1-11-3-4-12(2)15(9-11)16-10-23-17(20-16)19-13-5-7-14(8-6-13)24(18,21)22/h3-10H,1-2H3,(H,19,20)(H2,18,21,22). The highest BCUT2D eigenvalue weighted by molar-refractivity contribution is 7.89. The van der Waals surface area contributed by atoms with E-state index in [-0.39, 0.29) is 4.90 Å². The Bertz CT molecular complexity index is 977. The van der Waals surface area contributed by atoms with Crippen molar-refractivity contribution in [3.8, 4) is 11.3 Å². The second-order valence-corrected chi connectivity index (χ2v) is 7.97. The lowest BCUT2D eigenvalue weighted by molar-refractivity contribution is 0.598. The van der Waals surface area contributed by atoms with E-state index in [2.05, 4.69) is 42.3 Å². The van der Waals surface area contributed by atoms with Gasteiger partial charge in [-0.2, -0.15) is 0 Å². The van der Waals surface area contributed by atoms with Crippen molar-refractivity contribution in [3.05, 3.63) is 59.0 Å².